The molecule has 1 aromatic heterocycles. The molecule has 0 atom stereocenters. The minimum absolute atomic E-state index is 0.0994. The maximum absolute atomic E-state index is 9.27. The number of H-pyrrole nitrogens is 1. The van der Waals surface area contributed by atoms with Crippen molar-refractivity contribution >= 4 is 0 Å². The van der Waals surface area contributed by atoms with E-state index in [1.165, 1.54) is 0 Å². The summed E-state index contributed by atoms with van der Waals surface area (Å²) in [6, 6.07) is 6.90. The zero-order valence-corrected chi connectivity index (χ0v) is 9.94. The van der Waals surface area contributed by atoms with Crippen molar-refractivity contribution in [2.24, 2.45) is 0 Å². The van der Waals surface area contributed by atoms with E-state index in [-0.39, 0.29) is 12.4 Å². The average Bonchev–Trinajstić information content (AvgIpc) is 2.74. The lowest BCUT2D eigenvalue weighted by Gasteiger charge is -2.05. The Morgan fingerprint density at radius 3 is 2.41 bits per heavy atom. The number of aromatic hydroxyl groups is 1. The van der Waals surface area contributed by atoms with Gasteiger partial charge >= 0.3 is 0 Å². The fraction of sp³-hybridized carbons (Fsp3) is 0.308. The monoisotopic (exact) mass is 232 g/mol. The summed E-state index contributed by atoms with van der Waals surface area (Å²) < 4.78 is 0. The summed E-state index contributed by atoms with van der Waals surface area (Å²) in [4.78, 5) is 7.48. The van der Waals surface area contributed by atoms with Gasteiger partial charge in [-0.1, -0.05) is 13.8 Å². The fourth-order valence-electron chi connectivity index (χ4n) is 1.77. The molecule has 0 fully saturated rings. The molecule has 0 radical (unpaired) electrons. The number of aromatic amines is 1. The Hall–Kier alpha value is -1.81. The van der Waals surface area contributed by atoms with Gasteiger partial charge in [0.15, 0.2) is 0 Å². The maximum Gasteiger partial charge on any atom is 0.132 e. The number of hydrogen-bond donors (Lipinski definition) is 3. The quantitative estimate of drug-likeness (QED) is 0.761. The predicted octanol–water partition coefficient (Wildman–Crippen LogP) is 2.40. The molecule has 0 saturated heterocycles. The third-order valence-electron chi connectivity index (χ3n) is 2.65. The number of hydrogen-bond acceptors (Lipinski definition) is 3. The molecule has 0 amide bonds. The predicted molar refractivity (Wildman–Crippen MR) is 65.7 cm³/mol. The van der Waals surface area contributed by atoms with E-state index in [1.54, 1.807) is 12.1 Å². The fourth-order valence-corrected chi connectivity index (χ4v) is 1.77. The lowest BCUT2D eigenvalue weighted by Crippen LogP contribution is -1.91. The summed E-state index contributed by atoms with van der Waals surface area (Å²) in [6.45, 7) is 4.04. The Bertz CT molecular complexity index is 501. The molecule has 90 valence electrons. The standard InChI is InChI=1S/C13H16N2O2/c1-8(2)12-13(15-11(7-16)14-12)9-3-5-10(17)6-4-9/h3-6,8,16-17H,7H2,1-2H3,(H,14,15). The van der Waals surface area contributed by atoms with Crippen molar-refractivity contribution in [2.45, 2.75) is 26.4 Å². The van der Waals surface area contributed by atoms with Crippen molar-refractivity contribution in [3.63, 3.8) is 0 Å². The Labute approximate surface area is 100.0 Å². The number of nitrogens with zero attached hydrogens (tertiary/aromatic N) is 1. The zero-order valence-electron chi connectivity index (χ0n) is 9.94. The lowest BCUT2D eigenvalue weighted by molar-refractivity contribution is 0.272. The van der Waals surface area contributed by atoms with Crippen molar-refractivity contribution in [3.05, 3.63) is 35.8 Å². The molecule has 0 bridgehead atoms. The number of phenolic OH excluding ortho intramolecular Hbond substituents is 1. The van der Waals surface area contributed by atoms with Crippen LogP contribution in [-0.2, 0) is 6.61 Å². The van der Waals surface area contributed by atoms with Crippen LogP contribution in [0.5, 0.6) is 5.75 Å². The van der Waals surface area contributed by atoms with Crippen LogP contribution in [-0.4, -0.2) is 20.2 Å². The van der Waals surface area contributed by atoms with E-state index in [4.69, 9.17) is 5.11 Å². The van der Waals surface area contributed by atoms with Gasteiger partial charge in [0.2, 0.25) is 0 Å². The van der Waals surface area contributed by atoms with E-state index in [2.05, 4.69) is 23.8 Å². The molecule has 0 spiro atoms. The second-order valence-electron chi connectivity index (χ2n) is 4.31. The van der Waals surface area contributed by atoms with Crippen molar-refractivity contribution in [3.8, 4) is 17.0 Å². The molecule has 0 aliphatic carbocycles. The van der Waals surface area contributed by atoms with E-state index >= 15 is 0 Å². The van der Waals surface area contributed by atoms with E-state index in [0.717, 1.165) is 17.0 Å². The van der Waals surface area contributed by atoms with Crippen LogP contribution in [0.1, 0.15) is 31.3 Å². The Kier molecular flexibility index (Phi) is 3.15. The third-order valence-corrected chi connectivity index (χ3v) is 2.65. The summed E-state index contributed by atoms with van der Waals surface area (Å²) in [5.74, 6) is 1.10. The first-order chi connectivity index (χ1) is 8.11. The molecule has 0 aliphatic rings. The van der Waals surface area contributed by atoms with E-state index in [0.29, 0.717) is 11.7 Å². The van der Waals surface area contributed by atoms with Gasteiger partial charge in [-0.2, -0.15) is 0 Å². The molecule has 2 rings (SSSR count). The number of aromatic nitrogens is 2. The molecule has 0 aliphatic heterocycles. The SMILES string of the molecule is CC(C)c1[nH]c(CO)nc1-c1ccc(O)cc1. The summed E-state index contributed by atoms with van der Waals surface area (Å²) in [7, 11) is 0. The van der Waals surface area contributed by atoms with E-state index in [9.17, 15) is 5.11 Å². The Balaban J connectivity index is 2.49. The molecule has 1 aromatic carbocycles. The van der Waals surface area contributed by atoms with Gasteiger partial charge in [0.25, 0.3) is 0 Å². The molecule has 3 N–H and O–H groups in total. The van der Waals surface area contributed by atoms with Crippen LogP contribution >= 0.6 is 0 Å². The largest absolute Gasteiger partial charge is 0.508 e. The molecule has 0 unspecified atom stereocenters. The zero-order chi connectivity index (χ0) is 12.4. The van der Waals surface area contributed by atoms with Crippen molar-refractivity contribution < 1.29 is 10.2 Å². The van der Waals surface area contributed by atoms with Gasteiger partial charge in [-0.15, -0.1) is 0 Å². The summed E-state index contributed by atoms with van der Waals surface area (Å²) in [5.41, 5.74) is 2.77. The third kappa shape index (κ3) is 2.31. The molecular formula is C13H16N2O2. The minimum Gasteiger partial charge on any atom is -0.508 e. The van der Waals surface area contributed by atoms with Crippen LogP contribution in [0.15, 0.2) is 24.3 Å². The minimum atomic E-state index is -0.0994. The first kappa shape index (κ1) is 11.7. The number of aliphatic hydroxyl groups is 1. The van der Waals surface area contributed by atoms with E-state index < -0.39 is 0 Å². The second-order valence-corrected chi connectivity index (χ2v) is 4.31. The van der Waals surface area contributed by atoms with Crippen molar-refractivity contribution in [1.29, 1.82) is 0 Å². The van der Waals surface area contributed by atoms with Gasteiger partial charge < -0.3 is 15.2 Å². The highest BCUT2D eigenvalue weighted by molar-refractivity contribution is 5.63. The molecule has 2 aromatic rings. The van der Waals surface area contributed by atoms with Crippen LogP contribution in [0.25, 0.3) is 11.3 Å². The van der Waals surface area contributed by atoms with Gasteiger partial charge in [0, 0.05) is 11.3 Å². The van der Waals surface area contributed by atoms with Crippen LogP contribution in [0, 0.1) is 0 Å². The van der Waals surface area contributed by atoms with Crippen molar-refractivity contribution in [2.75, 3.05) is 0 Å². The summed E-state index contributed by atoms with van der Waals surface area (Å²) >= 11 is 0. The van der Waals surface area contributed by atoms with Gasteiger partial charge in [-0.3, -0.25) is 0 Å². The number of nitrogens with one attached hydrogen (secondary N) is 1. The number of benzene rings is 1. The first-order valence-electron chi connectivity index (χ1n) is 5.61. The highest BCUT2D eigenvalue weighted by Crippen LogP contribution is 2.28. The lowest BCUT2D eigenvalue weighted by atomic mass is 10.0. The van der Waals surface area contributed by atoms with Crippen molar-refractivity contribution in [1.82, 2.24) is 9.97 Å². The molecule has 17 heavy (non-hydrogen) atoms. The summed E-state index contributed by atoms with van der Waals surface area (Å²) in [5, 5.41) is 18.4. The smallest absolute Gasteiger partial charge is 0.132 e. The van der Waals surface area contributed by atoms with Gasteiger partial charge in [0.1, 0.15) is 18.2 Å². The highest BCUT2D eigenvalue weighted by atomic mass is 16.3. The number of phenols is 1. The topological polar surface area (TPSA) is 69.1 Å². The first-order valence-corrected chi connectivity index (χ1v) is 5.61. The molecule has 0 saturated carbocycles. The van der Waals surface area contributed by atoms with Gasteiger partial charge in [-0.25, -0.2) is 4.98 Å². The molecule has 4 nitrogen and oxygen atoms in total. The van der Waals surface area contributed by atoms with Crippen LogP contribution in [0.3, 0.4) is 0 Å². The van der Waals surface area contributed by atoms with Gasteiger partial charge in [-0.05, 0) is 30.2 Å². The Morgan fingerprint density at radius 1 is 1.24 bits per heavy atom. The highest BCUT2D eigenvalue weighted by Gasteiger charge is 2.14. The normalized spacial score (nSPS) is 11.1. The molecule has 1 heterocycles. The maximum atomic E-state index is 9.27. The molecule has 4 heteroatoms. The van der Waals surface area contributed by atoms with Gasteiger partial charge in [0.05, 0.1) is 5.69 Å². The average molecular weight is 232 g/mol. The summed E-state index contributed by atoms with van der Waals surface area (Å²) in [6.07, 6.45) is 0. The number of rotatable bonds is 3. The van der Waals surface area contributed by atoms with Crippen LogP contribution in [0.4, 0.5) is 0 Å². The number of aliphatic hydroxyl groups excluding tert-OH is 1. The molecular weight excluding hydrogens is 216 g/mol. The Morgan fingerprint density at radius 2 is 1.88 bits per heavy atom. The van der Waals surface area contributed by atoms with Crippen LogP contribution < -0.4 is 0 Å². The van der Waals surface area contributed by atoms with E-state index in [1.807, 2.05) is 12.1 Å². The second kappa shape index (κ2) is 4.59. The number of imidazole rings is 1. The van der Waals surface area contributed by atoms with Crippen LogP contribution in [0.2, 0.25) is 0 Å².